The molecule has 0 aliphatic carbocycles. The van der Waals surface area contributed by atoms with Gasteiger partial charge in [-0.3, -0.25) is 9.59 Å². The van der Waals surface area contributed by atoms with Crippen LogP contribution in [0.15, 0.2) is 27.8 Å². The standard InChI is InChI=1S/C14H15N3O2/c18-13-14(19)17-12-5-7(1-3-11(12)16-13)9-6-8-2-4-10(9)15-8/h1,3,5,8-10,15H,2,4,6H2,(H,16,18)(H,17,19). The normalized spacial score (nSPS) is 29.2. The zero-order valence-electron chi connectivity index (χ0n) is 10.4. The Bertz CT molecular complexity index is 761. The molecule has 19 heavy (non-hydrogen) atoms. The minimum absolute atomic E-state index is 0.526. The summed E-state index contributed by atoms with van der Waals surface area (Å²) in [6, 6.07) is 7.16. The Labute approximate surface area is 109 Å². The second-order valence-electron chi connectivity index (χ2n) is 5.60. The monoisotopic (exact) mass is 257 g/mol. The van der Waals surface area contributed by atoms with E-state index in [9.17, 15) is 9.59 Å². The lowest BCUT2D eigenvalue weighted by Crippen LogP contribution is -2.29. The molecule has 98 valence electrons. The Balaban J connectivity index is 1.82. The lowest BCUT2D eigenvalue weighted by molar-refractivity contribution is 0.507. The topological polar surface area (TPSA) is 77.8 Å². The third-order valence-electron chi connectivity index (χ3n) is 4.47. The van der Waals surface area contributed by atoms with E-state index in [-0.39, 0.29) is 0 Å². The highest BCUT2D eigenvalue weighted by Gasteiger charge is 2.39. The van der Waals surface area contributed by atoms with Crippen LogP contribution in [0, 0.1) is 0 Å². The van der Waals surface area contributed by atoms with Gasteiger partial charge in [-0.05, 0) is 37.0 Å². The van der Waals surface area contributed by atoms with Crippen molar-refractivity contribution < 1.29 is 0 Å². The van der Waals surface area contributed by atoms with Crippen molar-refractivity contribution in [2.75, 3.05) is 0 Å². The predicted octanol–water partition coefficient (Wildman–Crippen LogP) is 0.824. The maximum Gasteiger partial charge on any atom is 0.314 e. The summed E-state index contributed by atoms with van der Waals surface area (Å²) in [5.74, 6) is 0.526. The molecule has 5 heteroatoms. The van der Waals surface area contributed by atoms with Gasteiger partial charge in [-0.2, -0.15) is 0 Å². The Morgan fingerprint density at radius 1 is 1.00 bits per heavy atom. The fraction of sp³-hybridized carbons (Fsp3) is 0.429. The fourth-order valence-corrected chi connectivity index (χ4v) is 3.56. The van der Waals surface area contributed by atoms with E-state index in [0.29, 0.717) is 29.0 Å². The summed E-state index contributed by atoms with van der Waals surface area (Å²) in [6.45, 7) is 0. The summed E-state index contributed by atoms with van der Waals surface area (Å²) in [4.78, 5) is 27.9. The summed E-state index contributed by atoms with van der Waals surface area (Å²) in [6.07, 6.45) is 3.68. The molecule has 2 saturated heterocycles. The molecule has 2 bridgehead atoms. The maximum atomic E-state index is 11.4. The minimum atomic E-state index is -0.596. The molecule has 5 nitrogen and oxygen atoms in total. The van der Waals surface area contributed by atoms with Gasteiger partial charge in [-0.15, -0.1) is 0 Å². The number of aromatic amines is 2. The highest BCUT2D eigenvalue weighted by molar-refractivity contribution is 5.74. The third-order valence-corrected chi connectivity index (χ3v) is 4.47. The highest BCUT2D eigenvalue weighted by atomic mass is 16.2. The molecule has 1 aromatic heterocycles. The van der Waals surface area contributed by atoms with Gasteiger partial charge in [-0.1, -0.05) is 6.07 Å². The van der Waals surface area contributed by atoms with Crippen molar-refractivity contribution in [3.05, 3.63) is 44.5 Å². The first-order valence-electron chi connectivity index (χ1n) is 6.73. The molecule has 3 N–H and O–H groups in total. The first kappa shape index (κ1) is 11.0. The summed E-state index contributed by atoms with van der Waals surface area (Å²) in [5.41, 5.74) is 1.46. The van der Waals surface area contributed by atoms with E-state index in [0.717, 1.165) is 0 Å². The average Bonchev–Trinajstić information content (AvgIpc) is 3.02. The Kier molecular flexibility index (Phi) is 2.20. The van der Waals surface area contributed by atoms with Gasteiger partial charge in [0.15, 0.2) is 0 Å². The Morgan fingerprint density at radius 2 is 1.79 bits per heavy atom. The highest BCUT2D eigenvalue weighted by Crippen LogP contribution is 2.40. The number of aromatic nitrogens is 2. The SMILES string of the molecule is O=c1[nH]c2ccc(C3CC4CCC3N4)cc2[nH]c1=O. The van der Waals surface area contributed by atoms with Crippen molar-refractivity contribution in [3.63, 3.8) is 0 Å². The molecule has 2 fully saturated rings. The van der Waals surface area contributed by atoms with Gasteiger partial charge in [0.1, 0.15) is 0 Å². The summed E-state index contributed by atoms with van der Waals surface area (Å²) < 4.78 is 0. The molecule has 3 unspecified atom stereocenters. The second-order valence-corrected chi connectivity index (χ2v) is 5.60. The van der Waals surface area contributed by atoms with Crippen LogP contribution in [-0.2, 0) is 0 Å². The van der Waals surface area contributed by atoms with Gasteiger partial charge in [-0.25, -0.2) is 0 Å². The van der Waals surface area contributed by atoms with E-state index in [1.54, 1.807) is 0 Å². The summed E-state index contributed by atoms with van der Waals surface area (Å²) in [7, 11) is 0. The van der Waals surface area contributed by atoms with E-state index >= 15 is 0 Å². The molecule has 0 amide bonds. The lowest BCUT2D eigenvalue weighted by Gasteiger charge is -2.20. The summed E-state index contributed by atoms with van der Waals surface area (Å²) in [5, 5.41) is 3.62. The number of hydrogen-bond acceptors (Lipinski definition) is 3. The third kappa shape index (κ3) is 1.65. The van der Waals surface area contributed by atoms with Crippen molar-refractivity contribution in [1.29, 1.82) is 0 Å². The molecule has 0 spiro atoms. The smallest absolute Gasteiger partial charge is 0.314 e. The number of nitrogens with one attached hydrogen (secondary N) is 3. The second kappa shape index (κ2) is 3.81. The predicted molar refractivity (Wildman–Crippen MR) is 72.5 cm³/mol. The van der Waals surface area contributed by atoms with E-state index in [2.05, 4.69) is 21.4 Å². The van der Waals surface area contributed by atoms with Crippen LogP contribution in [0.3, 0.4) is 0 Å². The van der Waals surface area contributed by atoms with Gasteiger partial charge in [0, 0.05) is 18.0 Å². The first-order valence-corrected chi connectivity index (χ1v) is 6.73. The van der Waals surface area contributed by atoms with Gasteiger partial charge < -0.3 is 15.3 Å². The van der Waals surface area contributed by atoms with Crippen molar-refractivity contribution in [2.45, 2.75) is 37.3 Å². The van der Waals surface area contributed by atoms with Crippen LogP contribution in [-0.4, -0.2) is 22.1 Å². The molecular formula is C14H15N3O2. The van der Waals surface area contributed by atoms with Crippen molar-refractivity contribution in [3.8, 4) is 0 Å². The molecule has 2 aromatic rings. The Morgan fingerprint density at radius 3 is 2.47 bits per heavy atom. The molecule has 0 radical (unpaired) electrons. The van der Waals surface area contributed by atoms with Crippen LogP contribution in [0.25, 0.3) is 11.0 Å². The van der Waals surface area contributed by atoms with E-state index in [1.165, 1.54) is 24.8 Å². The molecule has 4 rings (SSSR count). The minimum Gasteiger partial charge on any atom is -0.316 e. The maximum absolute atomic E-state index is 11.4. The van der Waals surface area contributed by atoms with Crippen LogP contribution >= 0.6 is 0 Å². The number of rotatable bonds is 1. The number of hydrogen-bond donors (Lipinski definition) is 3. The zero-order valence-corrected chi connectivity index (χ0v) is 10.4. The fourth-order valence-electron chi connectivity index (χ4n) is 3.56. The van der Waals surface area contributed by atoms with Crippen LogP contribution in [0.5, 0.6) is 0 Å². The number of H-pyrrole nitrogens is 2. The molecular weight excluding hydrogens is 242 g/mol. The van der Waals surface area contributed by atoms with Crippen LogP contribution in [0.1, 0.15) is 30.7 Å². The molecule has 3 heterocycles. The van der Waals surface area contributed by atoms with Crippen molar-refractivity contribution in [1.82, 2.24) is 15.3 Å². The first-order chi connectivity index (χ1) is 9.20. The van der Waals surface area contributed by atoms with Gasteiger partial charge in [0.05, 0.1) is 11.0 Å². The van der Waals surface area contributed by atoms with Crippen LogP contribution < -0.4 is 16.4 Å². The zero-order chi connectivity index (χ0) is 13.0. The van der Waals surface area contributed by atoms with Crippen LogP contribution in [0.4, 0.5) is 0 Å². The van der Waals surface area contributed by atoms with Gasteiger partial charge >= 0.3 is 11.1 Å². The Hall–Kier alpha value is -1.88. The quantitative estimate of drug-likeness (QED) is 0.662. The van der Waals surface area contributed by atoms with E-state index in [1.807, 2.05) is 12.1 Å². The molecule has 3 atom stereocenters. The molecule has 1 aromatic carbocycles. The van der Waals surface area contributed by atoms with Crippen molar-refractivity contribution in [2.24, 2.45) is 0 Å². The van der Waals surface area contributed by atoms with Gasteiger partial charge in [0.2, 0.25) is 0 Å². The molecule has 2 aliphatic rings. The van der Waals surface area contributed by atoms with E-state index in [4.69, 9.17) is 0 Å². The average molecular weight is 257 g/mol. The van der Waals surface area contributed by atoms with Crippen LogP contribution in [0.2, 0.25) is 0 Å². The lowest BCUT2D eigenvalue weighted by atomic mass is 9.84. The number of benzene rings is 1. The largest absolute Gasteiger partial charge is 0.316 e. The van der Waals surface area contributed by atoms with E-state index < -0.39 is 11.1 Å². The molecule has 2 aliphatic heterocycles. The van der Waals surface area contributed by atoms with Crippen molar-refractivity contribution >= 4 is 11.0 Å². The molecule has 0 saturated carbocycles. The summed E-state index contributed by atoms with van der Waals surface area (Å²) >= 11 is 0. The van der Waals surface area contributed by atoms with Gasteiger partial charge in [0.25, 0.3) is 0 Å². The number of fused-ring (bicyclic) bond motifs is 3.